The molecule has 1 aliphatic heterocycles. The number of nitrogens with two attached hydrogens (primary N) is 1. The van der Waals surface area contributed by atoms with Crippen LogP contribution in [0.1, 0.15) is 19.3 Å². The standard InChI is InChI=1S/C9H12N4O/c10-7-4-5-8(12-11-7)13-6-2-1-3-9(13)14/h4-5H,1-3,6H2,(H2,10,11). The second-order valence-electron chi connectivity index (χ2n) is 3.32. The average Bonchev–Trinajstić information content (AvgIpc) is 2.20. The van der Waals surface area contributed by atoms with Gasteiger partial charge < -0.3 is 5.73 Å². The summed E-state index contributed by atoms with van der Waals surface area (Å²) in [6.45, 7) is 0.734. The van der Waals surface area contributed by atoms with Crippen molar-refractivity contribution in [3.63, 3.8) is 0 Å². The summed E-state index contributed by atoms with van der Waals surface area (Å²) in [4.78, 5) is 13.2. The van der Waals surface area contributed by atoms with E-state index in [1.165, 1.54) is 0 Å². The SMILES string of the molecule is Nc1ccc(N2CCCCC2=O)nn1. The molecule has 1 amide bonds. The molecule has 0 spiro atoms. The second kappa shape index (κ2) is 3.61. The summed E-state index contributed by atoms with van der Waals surface area (Å²) in [7, 11) is 0. The third kappa shape index (κ3) is 1.66. The molecule has 2 heterocycles. The molecule has 14 heavy (non-hydrogen) atoms. The van der Waals surface area contributed by atoms with Crippen molar-refractivity contribution in [2.75, 3.05) is 17.2 Å². The van der Waals surface area contributed by atoms with E-state index in [2.05, 4.69) is 10.2 Å². The van der Waals surface area contributed by atoms with Crippen LogP contribution in [0.2, 0.25) is 0 Å². The molecule has 1 saturated heterocycles. The van der Waals surface area contributed by atoms with Crippen LogP contribution in [0.5, 0.6) is 0 Å². The van der Waals surface area contributed by atoms with E-state index in [1.54, 1.807) is 17.0 Å². The molecule has 0 bridgehead atoms. The number of rotatable bonds is 1. The van der Waals surface area contributed by atoms with E-state index in [9.17, 15) is 4.79 Å². The number of piperidine rings is 1. The highest BCUT2D eigenvalue weighted by atomic mass is 16.2. The monoisotopic (exact) mass is 192 g/mol. The van der Waals surface area contributed by atoms with Crippen LogP contribution in [0.4, 0.5) is 11.6 Å². The van der Waals surface area contributed by atoms with E-state index in [4.69, 9.17) is 5.73 Å². The van der Waals surface area contributed by atoms with Crippen LogP contribution >= 0.6 is 0 Å². The van der Waals surface area contributed by atoms with Crippen molar-refractivity contribution in [3.8, 4) is 0 Å². The van der Waals surface area contributed by atoms with Gasteiger partial charge in [-0.15, -0.1) is 10.2 Å². The van der Waals surface area contributed by atoms with Crippen LogP contribution in [-0.2, 0) is 4.79 Å². The molecular weight excluding hydrogens is 180 g/mol. The normalized spacial score (nSPS) is 17.1. The molecule has 0 atom stereocenters. The van der Waals surface area contributed by atoms with Gasteiger partial charge in [-0.2, -0.15) is 0 Å². The molecule has 1 fully saturated rings. The van der Waals surface area contributed by atoms with Crippen molar-refractivity contribution in [2.45, 2.75) is 19.3 Å². The fraction of sp³-hybridized carbons (Fsp3) is 0.444. The Hall–Kier alpha value is -1.65. The second-order valence-corrected chi connectivity index (χ2v) is 3.32. The van der Waals surface area contributed by atoms with Crippen LogP contribution in [0.3, 0.4) is 0 Å². The quantitative estimate of drug-likeness (QED) is 0.706. The fourth-order valence-electron chi connectivity index (χ4n) is 1.53. The zero-order chi connectivity index (χ0) is 9.97. The van der Waals surface area contributed by atoms with Gasteiger partial charge in [0.05, 0.1) is 0 Å². The number of anilines is 2. The van der Waals surface area contributed by atoms with Crippen molar-refractivity contribution in [3.05, 3.63) is 12.1 Å². The van der Waals surface area contributed by atoms with Gasteiger partial charge in [-0.3, -0.25) is 9.69 Å². The Labute approximate surface area is 81.9 Å². The van der Waals surface area contributed by atoms with E-state index in [0.29, 0.717) is 18.1 Å². The predicted molar refractivity (Wildman–Crippen MR) is 52.6 cm³/mol. The van der Waals surface area contributed by atoms with Gasteiger partial charge in [0.15, 0.2) is 5.82 Å². The molecule has 5 nitrogen and oxygen atoms in total. The Morgan fingerprint density at radius 2 is 2.14 bits per heavy atom. The molecule has 1 aromatic heterocycles. The molecule has 0 radical (unpaired) electrons. The number of amides is 1. The molecule has 0 aliphatic carbocycles. The number of aromatic nitrogens is 2. The summed E-state index contributed by atoms with van der Waals surface area (Å²) in [5.74, 6) is 1.09. The third-order valence-electron chi connectivity index (χ3n) is 2.27. The first-order valence-electron chi connectivity index (χ1n) is 4.67. The van der Waals surface area contributed by atoms with Gasteiger partial charge >= 0.3 is 0 Å². The Kier molecular flexibility index (Phi) is 2.30. The maximum atomic E-state index is 11.5. The van der Waals surface area contributed by atoms with Crippen LogP contribution in [-0.4, -0.2) is 22.6 Å². The van der Waals surface area contributed by atoms with Crippen molar-refractivity contribution >= 4 is 17.5 Å². The molecular formula is C9H12N4O. The highest BCUT2D eigenvalue weighted by Gasteiger charge is 2.20. The van der Waals surface area contributed by atoms with Crippen molar-refractivity contribution in [2.24, 2.45) is 0 Å². The van der Waals surface area contributed by atoms with E-state index < -0.39 is 0 Å². The van der Waals surface area contributed by atoms with Crippen LogP contribution < -0.4 is 10.6 Å². The molecule has 0 saturated carbocycles. The Bertz CT molecular complexity index is 335. The number of carbonyl (C=O) groups excluding carboxylic acids is 1. The van der Waals surface area contributed by atoms with Gasteiger partial charge in [0, 0.05) is 13.0 Å². The zero-order valence-corrected chi connectivity index (χ0v) is 7.81. The lowest BCUT2D eigenvalue weighted by Crippen LogP contribution is -2.35. The van der Waals surface area contributed by atoms with Crippen molar-refractivity contribution in [1.82, 2.24) is 10.2 Å². The van der Waals surface area contributed by atoms with E-state index >= 15 is 0 Å². The summed E-state index contributed by atoms with van der Waals surface area (Å²) in [5.41, 5.74) is 5.41. The summed E-state index contributed by atoms with van der Waals surface area (Å²) >= 11 is 0. The molecule has 5 heteroatoms. The van der Waals surface area contributed by atoms with Gasteiger partial charge in [0.1, 0.15) is 5.82 Å². The van der Waals surface area contributed by atoms with Gasteiger partial charge in [-0.1, -0.05) is 0 Å². The van der Waals surface area contributed by atoms with Crippen LogP contribution in [0.15, 0.2) is 12.1 Å². The maximum absolute atomic E-state index is 11.5. The zero-order valence-electron chi connectivity index (χ0n) is 7.81. The molecule has 74 valence electrons. The average molecular weight is 192 g/mol. The number of hydrogen-bond donors (Lipinski definition) is 1. The van der Waals surface area contributed by atoms with E-state index in [0.717, 1.165) is 19.4 Å². The topological polar surface area (TPSA) is 72.1 Å². The minimum Gasteiger partial charge on any atom is -0.382 e. The number of carbonyl (C=O) groups is 1. The molecule has 1 aliphatic rings. The smallest absolute Gasteiger partial charge is 0.228 e. The lowest BCUT2D eigenvalue weighted by molar-refractivity contribution is -0.119. The lowest BCUT2D eigenvalue weighted by atomic mass is 10.1. The summed E-state index contributed by atoms with van der Waals surface area (Å²) in [6, 6.07) is 3.38. The summed E-state index contributed by atoms with van der Waals surface area (Å²) in [6.07, 6.45) is 2.60. The Balaban J connectivity index is 2.20. The highest BCUT2D eigenvalue weighted by Crippen LogP contribution is 2.17. The highest BCUT2D eigenvalue weighted by molar-refractivity contribution is 5.92. The molecule has 2 N–H and O–H groups in total. The van der Waals surface area contributed by atoms with Gasteiger partial charge in [-0.05, 0) is 25.0 Å². The molecule has 0 aromatic carbocycles. The number of nitrogens with zero attached hydrogens (tertiary/aromatic N) is 3. The molecule has 0 unspecified atom stereocenters. The van der Waals surface area contributed by atoms with E-state index in [-0.39, 0.29) is 5.91 Å². The first-order valence-corrected chi connectivity index (χ1v) is 4.67. The first kappa shape index (κ1) is 8.93. The van der Waals surface area contributed by atoms with Gasteiger partial charge in [-0.25, -0.2) is 0 Å². The van der Waals surface area contributed by atoms with Crippen molar-refractivity contribution in [1.29, 1.82) is 0 Å². The minimum atomic E-state index is 0.121. The lowest BCUT2D eigenvalue weighted by Gasteiger charge is -2.24. The summed E-state index contributed by atoms with van der Waals surface area (Å²) < 4.78 is 0. The van der Waals surface area contributed by atoms with Gasteiger partial charge in [0.2, 0.25) is 5.91 Å². The largest absolute Gasteiger partial charge is 0.382 e. The fourth-order valence-corrected chi connectivity index (χ4v) is 1.53. The first-order chi connectivity index (χ1) is 6.77. The van der Waals surface area contributed by atoms with E-state index in [1.807, 2.05) is 0 Å². The summed E-state index contributed by atoms with van der Waals surface area (Å²) in [5, 5.41) is 7.61. The molecule has 2 rings (SSSR count). The Morgan fingerprint density at radius 3 is 2.79 bits per heavy atom. The van der Waals surface area contributed by atoms with Crippen LogP contribution in [0, 0.1) is 0 Å². The Morgan fingerprint density at radius 1 is 1.29 bits per heavy atom. The third-order valence-corrected chi connectivity index (χ3v) is 2.27. The minimum absolute atomic E-state index is 0.121. The number of hydrogen-bond acceptors (Lipinski definition) is 4. The van der Waals surface area contributed by atoms with Crippen molar-refractivity contribution < 1.29 is 4.79 Å². The predicted octanol–water partition coefficient (Wildman–Crippen LogP) is 0.576. The maximum Gasteiger partial charge on any atom is 0.228 e. The number of nitrogen functional groups attached to an aromatic ring is 1. The van der Waals surface area contributed by atoms with Gasteiger partial charge in [0.25, 0.3) is 0 Å². The molecule has 1 aromatic rings. The van der Waals surface area contributed by atoms with Crippen LogP contribution in [0.25, 0.3) is 0 Å².